The van der Waals surface area contributed by atoms with Gasteiger partial charge in [-0.1, -0.05) is 17.7 Å². The zero-order chi connectivity index (χ0) is 12.5. The molecule has 6 nitrogen and oxygen atoms in total. The Bertz CT molecular complexity index is 715. The maximum Gasteiger partial charge on any atom is 0.244 e. The first-order valence-corrected chi connectivity index (χ1v) is 6.34. The van der Waals surface area contributed by atoms with Crippen molar-refractivity contribution in [1.29, 1.82) is 0 Å². The Morgan fingerprint density at radius 2 is 1.94 bits per heavy atom. The Morgan fingerprint density at radius 1 is 1.06 bits per heavy atom. The van der Waals surface area contributed by atoms with Crippen molar-refractivity contribution in [3.63, 3.8) is 0 Å². The van der Waals surface area contributed by atoms with Crippen molar-refractivity contribution in [3.8, 4) is 0 Å². The number of hydrogen-bond acceptors (Lipinski definition) is 6. The largest absolute Gasteiger partial charge is 0.277 e. The number of aromatic nitrogens is 6. The van der Waals surface area contributed by atoms with Gasteiger partial charge in [-0.2, -0.15) is 0 Å². The molecule has 0 radical (unpaired) electrons. The fourth-order valence-corrected chi connectivity index (χ4v) is 2.45. The molecule has 0 aromatic carbocycles. The minimum atomic E-state index is 0.0377. The lowest BCUT2D eigenvalue weighted by Gasteiger charge is -2.00. The third-order valence-corrected chi connectivity index (χ3v) is 3.53. The Kier molecular flexibility index (Phi) is 3.02. The van der Waals surface area contributed by atoms with Crippen molar-refractivity contribution in [2.24, 2.45) is 0 Å². The molecule has 0 aliphatic rings. The average molecular weight is 299 g/mol. The minimum Gasteiger partial charge on any atom is -0.277 e. The molecule has 3 rings (SSSR count). The van der Waals surface area contributed by atoms with Crippen molar-refractivity contribution in [2.45, 2.75) is 10.2 Å². The van der Waals surface area contributed by atoms with Gasteiger partial charge in [0.1, 0.15) is 5.03 Å². The van der Waals surface area contributed by atoms with E-state index in [1.54, 1.807) is 0 Å². The van der Waals surface area contributed by atoms with E-state index in [0.29, 0.717) is 10.2 Å². The third-order valence-electron chi connectivity index (χ3n) is 2.06. The summed E-state index contributed by atoms with van der Waals surface area (Å²) in [5, 5.41) is 16.6. The molecular formula is C9H4Cl2N6S. The van der Waals surface area contributed by atoms with Crippen molar-refractivity contribution in [3.05, 3.63) is 34.8 Å². The van der Waals surface area contributed by atoms with Gasteiger partial charge in [0, 0.05) is 6.20 Å². The second kappa shape index (κ2) is 4.68. The smallest absolute Gasteiger partial charge is 0.244 e. The summed E-state index contributed by atoms with van der Waals surface area (Å²) in [6.07, 6.45) is 1.85. The first-order chi connectivity index (χ1) is 8.74. The summed E-state index contributed by atoms with van der Waals surface area (Å²) in [5.74, 6) is 0. The number of fused-ring (bicyclic) bond motifs is 1. The van der Waals surface area contributed by atoms with Crippen molar-refractivity contribution < 1.29 is 0 Å². The molecule has 0 spiro atoms. The SMILES string of the molecule is Clc1nnc(Cl)c(Sc2nnc3ccccn23)n1. The Morgan fingerprint density at radius 3 is 2.83 bits per heavy atom. The monoisotopic (exact) mass is 298 g/mol. The van der Waals surface area contributed by atoms with E-state index in [9.17, 15) is 0 Å². The van der Waals surface area contributed by atoms with Crippen LogP contribution in [-0.4, -0.2) is 29.8 Å². The van der Waals surface area contributed by atoms with Gasteiger partial charge in [-0.25, -0.2) is 4.98 Å². The summed E-state index contributed by atoms with van der Waals surface area (Å²) in [7, 11) is 0. The molecule has 0 saturated heterocycles. The van der Waals surface area contributed by atoms with Crippen LogP contribution in [0.15, 0.2) is 34.6 Å². The molecule has 9 heteroatoms. The van der Waals surface area contributed by atoms with E-state index in [-0.39, 0.29) is 10.4 Å². The molecule has 0 amide bonds. The maximum absolute atomic E-state index is 5.89. The lowest BCUT2D eigenvalue weighted by atomic mass is 10.5. The van der Waals surface area contributed by atoms with Gasteiger partial charge in [-0.15, -0.1) is 20.4 Å². The molecule has 3 heterocycles. The Hall–Kier alpha value is -1.44. The number of rotatable bonds is 2. The summed E-state index contributed by atoms with van der Waals surface area (Å²) in [6, 6.07) is 5.62. The highest BCUT2D eigenvalue weighted by molar-refractivity contribution is 7.99. The van der Waals surface area contributed by atoms with Crippen molar-refractivity contribution in [1.82, 2.24) is 29.8 Å². The number of pyridine rings is 1. The highest BCUT2D eigenvalue weighted by Gasteiger charge is 2.12. The van der Waals surface area contributed by atoms with Crippen LogP contribution in [0.25, 0.3) is 5.65 Å². The molecule has 0 aliphatic carbocycles. The number of nitrogens with zero attached hydrogens (tertiary/aromatic N) is 6. The van der Waals surface area contributed by atoms with Crippen LogP contribution in [0.2, 0.25) is 10.4 Å². The molecule has 0 bridgehead atoms. The molecule has 18 heavy (non-hydrogen) atoms. The summed E-state index contributed by atoms with van der Waals surface area (Å²) in [5.41, 5.74) is 0.740. The predicted molar refractivity (Wildman–Crippen MR) is 67.0 cm³/mol. The van der Waals surface area contributed by atoms with Crippen molar-refractivity contribution in [2.75, 3.05) is 0 Å². The molecular weight excluding hydrogens is 295 g/mol. The summed E-state index contributed by atoms with van der Waals surface area (Å²) >= 11 is 12.8. The van der Waals surface area contributed by atoms with Crippen LogP contribution in [0.5, 0.6) is 0 Å². The predicted octanol–water partition coefficient (Wildman–Crippen LogP) is 2.37. The van der Waals surface area contributed by atoms with E-state index in [1.165, 1.54) is 11.8 Å². The first kappa shape index (κ1) is 11.6. The standard InChI is InChI=1S/C9H4Cl2N6S/c10-6-7(12-8(11)15-14-6)18-9-16-13-5-3-1-2-4-17(5)9/h1-4H. The van der Waals surface area contributed by atoms with Crippen LogP contribution in [0.3, 0.4) is 0 Å². The molecule has 0 fully saturated rings. The van der Waals surface area contributed by atoms with Gasteiger partial charge < -0.3 is 0 Å². The third kappa shape index (κ3) is 2.12. The molecule has 0 saturated carbocycles. The lowest BCUT2D eigenvalue weighted by molar-refractivity contribution is 0.885. The van der Waals surface area contributed by atoms with Gasteiger partial charge in [0.15, 0.2) is 10.8 Å². The fraction of sp³-hybridized carbons (Fsp3) is 0. The van der Waals surface area contributed by atoms with E-state index in [0.717, 1.165) is 5.65 Å². The normalized spacial score (nSPS) is 11.0. The van der Waals surface area contributed by atoms with Gasteiger partial charge in [0.2, 0.25) is 10.4 Å². The van der Waals surface area contributed by atoms with Gasteiger partial charge in [-0.3, -0.25) is 4.40 Å². The topological polar surface area (TPSA) is 68.9 Å². The fourth-order valence-electron chi connectivity index (χ4n) is 1.32. The summed E-state index contributed by atoms with van der Waals surface area (Å²) in [6.45, 7) is 0. The number of hydrogen-bond donors (Lipinski definition) is 0. The zero-order valence-electron chi connectivity index (χ0n) is 8.66. The quantitative estimate of drug-likeness (QED) is 0.723. The molecule has 90 valence electrons. The van der Waals surface area contributed by atoms with Crippen LogP contribution in [0.4, 0.5) is 0 Å². The Balaban J connectivity index is 2.04. The maximum atomic E-state index is 5.89. The highest BCUT2D eigenvalue weighted by atomic mass is 35.5. The van der Waals surface area contributed by atoms with Gasteiger partial charge >= 0.3 is 0 Å². The van der Waals surface area contributed by atoms with Crippen LogP contribution in [0.1, 0.15) is 0 Å². The second-order valence-corrected chi connectivity index (χ2v) is 4.84. The first-order valence-electron chi connectivity index (χ1n) is 4.77. The van der Waals surface area contributed by atoms with Crippen molar-refractivity contribution >= 4 is 40.6 Å². The molecule has 0 atom stereocenters. The van der Waals surface area contributed by atoms with E-state index < -0.39 is 0 Å². The second-order valence-electron chi connectivity index (χ2n) is 3.19. The average Bonchev–Trinajstić information content (AvgIpc) is 2.78. The van der Waals surface area contributed by atoms with E-state index in [4.69, 9.17) is 23.2 Å². The van der Waals surface area contributed by atoms with E-state index >= 15 is 0 Å². The molecule has 0 N–H and O–H groups in total. The summed E-state index contributed by atoms with van der Waals surface area (Å²) < 4.78 is 1.82. The summed E-state index contributed by atoms with van der Waals surface area (Å²) in [4.78, 5) is 4.00. The highest BCUT2D eigenvalue weighted by Crippen LogP contribution is 2.29. The molecule has 0 unspecified atom stereocenters. The Labute approximate surface area is 115 Å². The van der Waals surface area contributed by atoms with Crippen LogP contribution in [-0.2, 0) is 0 Å². The minimum absolute atomic E-state index is 0.0377. The van der Waals surface area contributed by atoms with E-state index in [2.05, 4.69) is 25.4 Å². The number of halogens is 2. The van der Waals surface area contributed by atoms with Gasteiger partial charge in [0.25, 0.3) is 0 Å². The molecule has 0 aliphatic heterocycles. The van der Waals surface area contributed by atoms with Gasteiger partial charge in [0.05, 0.1) is 0 Å². The zero-order valence-corrected chi connectivity index (χ0v) is 11.0. The van der Waals surface area contributed by atoms with Crippen LogP contribution in [0, 0.1) is 0 Å². The lowest BCUT2D eigenvalue weighted by Crippen LogP contribution is -1.93. The van der Waals surface area contributed by atoms with Crippen LogP contribution >= 0.6 is 35.0 Å². The van der Waals surface area contributed by atoms with Crippen LogP contribution < -0.4 is 0 Å². The van der Waals surface area contributed by atoms with Gasteiger partial charge in [-0.05, 0) is 35.5 Å². The molecule has 3 aromatic rings. The molecule has 3 aromatic heterocycles. The van der Waals surface area contributed by atoms with E-state index in [1.807, 2.05) is 28.8 Å².